The third-order valence-corrected chi connectivity index (χ3v) is 8.17. The molecule has 2 aromatic rings. The van der Waals surface area contributed by atoms with Gasteiger partial charge < -0.3 is 4.74 Å². The summed E-state index contributed by atoms with van der Waals surface area (Å²) in [5.74, 6) is -0.309. The zero-order valence-corrected chi connectivity index (χ0v) is 21.3. The van der Waals surface area contributed by atoms with E-state index >= 15 is 0 Å². The maximum absolute atomic E-state index is 12.7. The van der Waals surface area contributed by atoms with E-state index < -0.39 is 16.1 Å². The van der Waals surface area contributed by atoms with E-state index in [9.17, 15) is 17.8 Å². The number of aryl methyl sites for hydroxylation is 1. The quantitative estimate of drug-likeness (QED) is 0.151. The Morgan fingerprint density at radius 3 is 2.27 bits per heavy atom. The van der Waals surface area contributed by atoms with E-state index in [2.05, 4.69) is 67.8 Å². The van der Waals surface area contributed by atoms with Crippen LogP contribution in [0.4, 0.5) is 0 Å². The second-order valence-corrected chi connectivity index (χ2v) is 10.8. The first-order valence-electron chi connectivity index (χ1n) is 7.40. The molecule has 0 aromatic heterocycles. The summed E-state index contributed by atoms with van der Waals surface area (Å²) in [6.07, 6.45) is 0. The Labute approximate surface area is 193 Å². The number of halogens is 3. The second kappa shape index (κ2) is 8.57. The number of hydrogen-bond donors (Lipinski definition) is 1. The number of benzene rings is 2. The minimum atomic E-state index is -4.38. The zero-order chi connectivity index (χ0) is 19.8. The van der Waals surface area contributed by atoms with Crippen molar-refractivity contribution in [2.24, 2.45) is 0 Å². The highest BCUT2D eigenvalue weighted by Crippen LogP contribution is 2.31. The van der Waals surface area contributed by atoms with Crippen LogP contribution < -0.4 is 4.74 Å². The molecule has 0 unspecified atom stereocenters. The molecule has 1 N–H and O–H groups in total. The zero-order valence-electron chi connectivity index (χ0n) is 14.0. The van der Waals surface area contributed by atoms with E-state index in [1.54, 1.807) is 26.8 Å². The van der Waals surface area contributed by atoms with E-state index in [-0.39, 0.29) is 16.4 Å². The lowest BCUT2D eigenvalue weighted by Crippen LogP contribution is -2.14. The Hall–Kier alpha value is 0.0100. The third-order valence-electron chi connectivity index (χ3n) is 3.64. The average Bonchev–Trinajstić information content (AvgIpc) is 2.50. The summed E-state index contributed by atoms with van der Waals surface area (Å²) in [5.41, 5.74) is 1.06. The van der Waals surface area contributed by atoms with Crippen molar-refractivity contribution in [3.63, 3.8) is 0 Å². The van der Waals surface area contributed by atoms with Crippen LogP contribution in [0.3, 0.4) is 0 Å². The Kier molecular flexibility index (Phi) is 7.35. The Bertz CT molecular complexity index is 984. The Morgan fingerprint density at radius 2 is 1.73 bits per heavy atom. The van der Waals surface area contributed by atoms with Crippen LogP contribution in [-0.4, -0.2) is 18.9 Å². The first-order chi connectivity index (χ1) is 11.9. The molecule has 26 heavy (non-hydrogen) atoms. The molecule has 0 aliphatic heterocycles. The second-order valence-electron chi connectivity index (χ2n) is 5.92. The van der Waals surface area contributed by atoms with Crippen molar-refractivity contribution >= 4 is 83.9 Å². The molecule has 140 valence electrons. The molecule has 0 saturated carbocycles. The van der Waals surface area contributed by atoms with Crippen molar-refractivity contribution in [3.8, 4) is 5.75 Å². The molecule has 9 heteroatoms. The molecule has 2 rings (SSSR count). The molecule has 0 bridgehead atoms. The number of carbonyl (C=O) groups excluding carboxylic acids is 1. The highest BCUT2D eigenvalue weighted by molar-refractivity contribution is 14.1. The number of carbonyl (C=O) groups is 1. The Balaban J connectivity index is 2.52. The highest BCUT2D eigenvalue weighted by Gasteiger charge is 2.23. The molecule has 0 heterocycles. The number of esters is 1. The normalized spacial score (nSPS) is 11.7. The van der Waals surface area contributed by atoms with E-state index in [1.807, 2.05) is 6.07 Å². The van der Waals surface area contributed by atoms with E-state index in [4.69, 9.17) is 4.74 Å². The van der Waals surface area contributed by atoms with Gasteiger partial charge in [-0.2, -0.15) is 8.42 Å². The molecule has 0 saturated heterocycles. The fraction of sp³-hybridized carbons (Fsp3) is 0.235. The standard InChI is InChI=1S/C17H15I3O5S/c1-8(2)11-7-12(9(3)4-15(11)26(22,23)24)17(21)25-14-6-10(18)5-13(19)16(14)20/h4-8H,1-3H3,(H,22,23,24). The number of hydrogen-bond acceptors (Lipinski definition) is 4. The molecule has 0 aliphatic carbocycles. The third kappa shape index (κ3) is 5.08. The molecule has 5 nitrogen and oxygen atoms in total. The topological polar surface area (TPSA) is 80.7 Å². The van der Waals surface area contributed by atoms with Gasteiger partial charge in [0.05, 0.1) is 14.0 Å². The largest absolute Gasteiger partial charge is 0.422 e. The first-order valence-corrected chi connectivity index (χ1v) is 12.1. The molecule has 0 fully saturated rings. The monoisotopic (exact) mass is 712 g/mol. The van der Waals surface area contributed by atoms with Crippen LogP contribution in [-0.2, 0) is 10.1 Å². The van der Waals surface area contributed by atoms with Gasteiger partial charge in [-0.15, -0.1) is 0 Å². The predicted molar refractivity (Wildman–Crippen MR) is 125 cm³/mol. The Morgan fingerprint density at radius 1 is 1.12 bits per heavy atom. The van der Waals surface area contributed by atoms with Gasteiger partial charge in [-0.05, 0) is 116 Å². The van der Waals surface area contributed by atoms with Crippen LogP contribution in [0.1, 0.15) is 41.3 Å². The van der Waals surface area contributed by atoms with Crippen molar-refractivity contribution < 1.29 is 22.5 Å². The number of ether oxygens (including phenoxy) is 1. The van der Waals surface area contributed by atoms with Gasteiger partial charge in [0.2, 0.25) is 0 Å². The van der Waals surface area contributed by atoms with Crippen LogP contribution in [0.25, 0.3) is 0 Å². The van der Waals surface area contributed by atoms with Crippen LogP contribution in [0.5, 0.6) is 5.75 Å². The summed E-state index contributed by atoms with van der Waals surface area (Å²) >= 11 is 6.44. The lowest BCUT2D eigenvalue weighted by Gasteiger charge is -2.15. The fourth-order valence-corrected chi connectivity index (χ4v) is 5.49. The summed E-state index contributed by atoms with van der Waals surface area (Å²) in [6.45, 7) is 5.19. The van der Waals surface area contributed by atoms with Gasteiger partial charge in [0, 0.05) is 7.14 Å². The fourth-order valence-electron chi connectivity index (χ4n) is 2.35. The minimum absolute atomic E-state index is 0.181. The molecular formula is C17H15I3O5S. The van der Waals surface area contributed by atoms with Gasteiger partial charge in [-0.1, -0.05) is 13.8 Å². The smallest absolute Gasteiger partial charge is 0.343 e. The van der Waals surface area contributed by atoms with E-state index in [0.717, 1.165) is 10.7 Å². The lowest BCUT2D eigenvalue weighted by atomic mass is 9.97. The van der Waals surface area contributed by atoms with Crippen molar-refractivity contribution in [3.05, 3.63) is 51.7 Å². The van der Waals surface area contributed by atoms with Gasteiger partial charge in [-0.3, -0.25) is 4.55 Å². The molecule has 0 atom stereocenters. The van der Waals surface area contributed by atoms with E-state index in [0.29, 0.717) is 16.9 Å². The van der Waals surface area contributed by atoms with Gasteiger partial charge in [0.25, 0.3) is 10.1 Å². The molecule has 0 spiro atoms. The minimum Gasteiger partial charge on any atom is -0.422 e. The lowest BCUT2D eigenvalue weighted by molar-refractivity contribution is 0.0732. The van der Waals surface area contributed by atoms with Gasteiger partial charge >= 0.3 is 5.97 Å². The van der Waals surface area contributed by atoms with Gasteiger partial charge in [0.15, 0.2) is 0 Å². The van der Waals surface area contributed by atoms with Crippen LogP contribution in [0.15, 0.2) is 29.2 Å². The molecule has 0 radical (unpaired) electrons. The SMILES string of the molecule is Cc1cc(S(=O)(=O)O)c(C(C)C)cc1C(=O)Oc1cc(I)cc(I)c1I. The summed E-state index contributed by atoms with van der Waals surface area (Å²) in [4.78, 5) is 12.5. The summed E-state index contributed by atoms with van der Waals surface area (Å²) < 4.78 is 41.0. The van der Waals surface area contributed by atoms with Crippen molar-refractivity contribution in [2.45, 2.75) is 31.6 Å². The molecule has 0 aliphatic rings. The number of rotatable bonds is 4. The van der Waals surface area contributed by atoms with Crippen molar-refractivity contribution in [2.75, 3.05) is 0 Å². The maximum Gasteiger partial charge on any atom is 0.343 e. The summed E-state index contributed by atoms with van der Waals surface area (Å²) in [6, 6.07) is 6.54. The van der Waals surface area contributed by atoms with Crippen LogP contribution in [0.2, 0.25) is 0 Å². The van der Waals surface area contributed by atoms with Crippen LogP contribution >= 0.6 is 67.8 Å². The first kappa shape index (κ1) is 22.3. The van der Waals surface area contributed by atoms with Crippen LogP contribution in [0, 0.1) is 17.6 Å². The van der Waals surface area contributed by atoms with Crippen molar-refractivity contribution in [1.82, 2.24) is 0 Å². The molecule has 2 aromatic carbocycles. The summed E-state index contributed by atoms with van der Waals surface area (Å²) in [5, 5.41) is 0. The predicted octanol–water partition coefficient (Wildman–Crippen LogP) is 5.40. The molecular weight excluding hydrogens is 697 g/mol. The highest BCUT2D eigenvalue weighted by atomic mass is 127. The summed E-state index contributed by atoms with van der Waals surface area (Å²) in [7, 11) is -4.38. The molecule has 0 amide bonds. The van der Waals surface area contributed by atoms with Crippen molar-refractivity contribution in [1.29, 1.82) is 0 Å². The van der Waals surface area contributed by atoms with E-state index in [1.165, 1.54) is 12.1 Å². The maximum atomic E-state index is 12.7. The van der Waals surface area contributed by atoms with Gasteiger partial charge in [0.1, 0.15) is 5.75 Å². The van der Waals surface area contributed by atoms with Gasteiger partial charge in [-0.25, -0.2) is 4.79 Å². The average molecular weight is 712 g/mol.